The first-order chi connectivity index (χ1) is 7.24. The summed E-state index contributed by atoms with van der Waals surface area (Å²) >= 11 is 0. The van der Waals surface area contributed by atoms with Gasteiger partial charge in [-0.25, -0.2) is 0 Å². The highest BCUT2D eigenvalue weighted by atomic mass is 16.6. The maximum atomic E-state index is 11.2. The SMILES string of the molecule is CCC(CCN)CCC(=O)OCCOC. The summed E-state index contributed by atoms with van der Waals surface area (Å²) in [6.07, 6.45) is 3.42. The summed E-state index contributed by atoms with van der Waals surface area (Å²) in [7, 11) is 1.59. The van der Waals surface area contributed by atoms with E-state index in [2.05, 4.69) is 6.92 Å². The van der Waals surface area contributed by atoms with Gasteiger partial charge in [0, 0.05) is 13.5 Å². The van der Waals surface area contributed by atoms with E-state index in [0.29, 0.717) is 32.1 Å². The summed E-state index contributed by atoms with van der Waals surface area (Å²) in [6, 6.07) is 0. The molecule has 0 aromatic heterocycles. The Morgan fingerprint density at radius 3 is 2.60 bits per heavy atom. The van der Waals surface area contributed by atoms with Gasteiger partial charge in [-0.3, -0.25) is 4.79 Å². The van der Waals surface area contributed by atoms with Crippen LogP contribution in [0.5, 0.6) is 0 Å². The van der Waals surface area contributed by atoms with Crippen LogP contribution in [0.25, 0.3) is 0 Å². The summed E-state index contributed by atoms with van der Waals surface area (Å²) in [5.74, 6) is 0.410. The Hall–Kier alpha value is -0.610. The third-order valence-electron chi connectivity index (χ3n) is 2.46. The first-order valence-corrected chi connectivity index (χ1v) is 5.59. The Morgan fingerprint density at radius 1 is 1.33 bits per heavy atom. The number of carbonyl (C=O) groups excluding carboxylic acids is 1. The van der Waals surface area contributed by atoms with Crippen molar-refractivity contribution in [1.29, 1.82) is 0 Å². The molecular weight excluding hydrogens is 194 g/mol. The predicted molar refractivity (Wildman–Crippen MR) is 59.5 cm³/mol. The average Bonchev–Trinajstić information content (AvgIpc) is 2.24. The first-order valence-electron chi connectivity index (χ1n) is 5.59. The van der Waals surface area contributed by atoms with Crippen molar-refractivity contribution in [3.05, 3.63) is 0 Å². The van der Waals surface area contributed by atoms with Gasteiger partial charge in [0.2, 0.25) is 0 Å². The predicted octanol–water partition coefficient (Wildman–Crippen LogP) is 1.33. The van der Waals surface area contributed by atoms with Gasteiger partial charge in [0.15, 0.2) is 0 Å². The van der Waals surface area contributed by atoms with Crippen LogP contribution in [0.2, 0.25) is 0 Å². The highest BCUT2D eigenvalue weighted by molar-refractivity contribution is 5.69. The zero-order chi connectivity index (χ0) is 11.5. The zero-order valence-electron chi connectivity index (χ0n) is 9.83. The van der Waals surface area contributed by atoms with E-state index in [4.69, 9.17) is 15.2 Å². The van der Waals surface area contributed by atoms with Gasteiger partial charge in [-0.15, -0.1) is 0 Å². The van der Waals surface area contributed by atoms with Gasteiger partial charge in [-0.1, -0.05) is 13.3 Å². The summed E-state index contributed by atoms with van der Waals surface area (Å²) in [5.41, 5.74) is 5.48. The zero-order valence-corrected chi connectivity index (χ0v) is 9.83. The number of esters is 1. The molecule has 2 N–H and O–H groups in total. The fraction of sp³-hybridized carbons (Fsp3) is 0.909. The minimum Gasteiger partial charge on any atom is -0.463 e. The molecule has 0 aliphatic carbocycles. The number of rotatable bonds is 9. The van der Waals surface area contributed by atoms with Crippen LogP contribution in [-0.4, -0.2) is 32.8 Å². The molecule has 90 valence electrons. The van der Waals surface area contributed by atoms with Crippen LogP contribution in [0.4, 0.5) is 0 Å². The summed E-state index contributed by atoms with van der Waals surface area (Å²) in [6.45, 7) is 3.63. The fourth-order valence-corrected chi connectivity index (χ4v) is 1.42. The molecule has 15 heavy (non-hydrogen) atoms. The third-order valence-corrected chi connectivity index (χ3v) is 2.46. The van der Waals surface area contributed by atoms with E-state index in [9.17, 15) is 4.79 Å². The normalized spacial score (nSPS) is 12.5. The standard InChI is InChI=1S/C11H23NO3/c1-3-10(6-7-12)4-5-11(13)15-9-8-14-2/h10H,3-9,12H2,1-2H3. The van der Waals surface area contributed by atoms with Gasteiger partial charge in [0.1, 0.15) is 6.61 Å². The molecule has 0 aliphatic rings. The van der Waals surface area contributed by atoms with Crippen molar-refractivity contribution in [3.63, 3.8) is 0 Å². The van der Waals surface area contributed by atoms with Crippen LogP contribution in [0.3, 0.4) is 0 Å². The average molecular weight is 217 g/mol. The molecule has 0 saturated heterocycles. The molecule has 0 radical (unpaired) electrons. The van der Waals surface area contributed by atoms with E-state index in [1.165, 1.54) is 0 Å². The molecular formula is C11H23NO3. The molecule has 4 nitrogen and oxygen atoms in total. The molecule has 0 aromatic rings. The third kappa shape index (κ3) is 8.39. The van der Waals surface area contributed by atoms with Crippen LogP contribution >= 0.6 is 0 Å². The molecule has 1 unspecified atom stereocenters. The fourth-order valence-electron chi connectivity index (χ4n) is 1.42. The molecule has 0 heterocycles. The van der Waals surface area contributed by atoms with Gasteiger partial charge < -0.3 is 15.2 Å². The van der Waals surface area contributed by atoms with Crippen LogP contribution in [0, 0.1) is 5.92 Å². The topological polar surface area (TPSA) is 61.6 Å². The maximum absolute atomic E-state index is 11.2. The molecule has 0 rings (SSSR count). The monoisotopic (exact) mass is 217 g/mol. The molecule has 0 fully saturated rings. The lowest BCUT2D eigenvalue weighted by Gasteiger charge is -2.12. The number of hydrogen-bond acceptors (Lipinski definition) is 4. The van der Waals surface area contributed by atoms with E-state index in [-0.39, 0.29) is 5.97 Å². The lowest BCUT2D eigenvalue weighted by molar-refractivity contribution is -0.145. The van der Waals surface area contributed by atoms with Gasteiger partial charge in [0.25, 0.3) is 0 Å². The smallest absolute Gasteiger partial charge is 0.305 e. The Morgan fingerprint density at radius 2 is 2.07 bits per heavy atom. The Kier molecular flexibility index (Phi) is 9.52. The van der Waals surface area contributed by atoms with Crippen molar-refractivity contribution in [2.75, 3.05) is 26.9 Å². The highest BCUT2D eigenvalue weighted by Crippen LogP contribution is 2.14. The molecule has 4 heteroatoms. The highest BCUT2D eigenvalue weighted by Gasteiger charge is 2.09. The van der Waals surface area contributed by atoms with Crippen LogP contribution in [0.15, 0.2) is 0 Å². The van der Waals surface area contributed by atoms with E-state index < -0.39 is 0 Å². The van der Waals surface area contributed by atoms with E-state index in [0.717, 1.165) is 19.3 Å². The molecule has 0 spiro atoms. The minimum absolute atomic E-state index is 0.137. The molecule has 1 atom stereocenters. The molecule has 0 aromatic carbocycles. The minimum atomic E-state index is -0.137. The van der Waals surface area contributed by atoms with Crippen molar-refractivity contribution in [1.82, 2.24) is 0 Å². The van der Waals surface area contributed by atoms with Crippen molar-refractivity contribution in [2.45, 2.75) is 32.6 Å². The summed E-state index contributed by atoms with van der Waals surface area (Å²) in [5, 5.41) is 0. The van der Waals surface area contributed by atoms with Crippen molar-refractivity contribution < 1.29 is 14.3 Å². The Labute approximate surface area is 92.1 Å². The second-order valence-electron chi connectivity index (χ2n) is 3.60. The van der Waals surface area contributed by atoms with Gasteiger partial charge >= 0.3 is 5.97 Å². The molecule has 0 saturated carbocycles. The quantitative estimate of drug-likeness (QED) is 0.467. The molecule has 0 aliphatic heterocycles. The van der Waals surface area contributed by atoms with Crippen LogP contribution in [-0.2, 0) is 14.3 Å². The summed E-state index contributed by atoms with van der Waals surface area (Å²) < 4.78 is 9.74. The number of nitrogens with two attached hydrogens (primary N) is 1. The van der Waals surface area contributed by atoms with Crippen LogP contribution < -0.4 is 5.73 Å². The molecule has 0 bridgehead atoms. The van der Waals surface area contributed by atoms with Gasteiger partial charge in [-0.2, -0.15) is 0 Å². The number of hydrogen-bond donors (Lipinski definition) is 1. The lowest BCUT2D eigenvalue weighted by atomic mass is 9.97. The van der Waals surface area contributed by atoms with Gasteiger partial charge in [0.05, 0.1) is 6.61 Å². The van der Waals surface area contributed by atoms with Crippen molar-refractivity contribution >= 4 is 5.97 Å². The number of methoxy groups -OCH3 is 1. The van der Waals surface area contributed by atoms with E-state index >= 15 is 0 Å². The number of carbonyl (C=O) groups is 1. The Balaban J connectivity index is 3.50. The van der Waals surface area contributed by atoms with E-state index in [1.54, 1.807) is 7.11 Å². The number of ether oxygens (including phenoxy) is 2. The van der Waals surface area contributed by atoms with Gasteiger partial charge in [-0.05, 0) is 25.3 Å². The van der Waals surface area contributed by atoms with Crippen molar-refractivity contribution in [3.8, 4) is 0 Å². The molecule has 0 amide bonds. The van der Waals surface area contributed by atoms with E-state index in [1.807, 2.05) is 0 Å². The Bertz CT molecular complexity index is 162. The largest absolute Gasteiger partial charge is 0.463 e. The second kappa shape index (κ2) is 9.93. The van der Waals surface area contributed by atoms with Crippen LogP contribution in [0.1, 0.15) is 32.6 Å². The second-order valence-corrected chi connectivity index (χ2v) is 3.60. The van der Waals surface area contributed by atoms with Crippen molar-refractivity contribution in [2.24, 2.45) is 11.7 Å². The lowest BCUT2D eigenvalue weighted by Crippen LogP contribution is -2.13. The first kappa shape index (κ1) is 14.4. The maximum Gasteiger partial charge on any atom is 0.305 e. The summed E-state index contributed by atoms with van der Waals surface area (Å²) in [4.78, 5) is 11.2.